The summed E-state index contributed by atoms with van der Waals surface area (Å²) < 4.78 is 2.66. The molecule has 0 saturated heterocycles. The van der Waals surface area contributed by atoms with Gasteiger partial charge < -0.3 is 5.32 Å². The number of alkyl halides is 1. The normalized spacial score (nSPS) is 10.2. The average Bonchev–Trinajstić information content (AvgIpc) is 2.45. The van der Waals surface area contributed by atoms with Gasteiger partial charge in [0.15, 0.2) is 0 Å². The van der Waals surface area contributed by atoms with E-state index >= 15 is 0 Å². The lowest BCUT2D eigenvalue weighted by Crippen LogP contribution is -2.26. The number of halogens is 1. The van der Waals surface area contributed by atoms with Gasteiger partial charge in [-0.3, -0.25) is 9.48 Å². The molecule has 0 spiro atoms. The second kappa shape index (κ2) is 5.33. The Morgan fingerprint density at radius 1 is 1.71 bits per heavy atom. The summed E-state index contributed by atoms with van der Waals surface area (Å²) in [6.45, 7) is 2.60. The van der Waals surface area contributed by atoms with Gasteiger partial charge in [-0.1, -0.05) is 22.6 Å². The van der Waals surface area contributed by atoms with Gasteiger partial charge in [-0.15, -0.1) is 0 Å². The van der Waals surface area contributed by atoms with E-state index in [4.69, 9.17) is 0 Å². The fourth-order valence-electron chi connectivity index (χ4n) is 1.18. The van der Waals surface area contributed by atoms with Crippen LogP contribution in [0.2, 0.25) is 0 Å². The Kier molecular flexibility index (Phi) is 4.37. The van der Waals surface area contributed by atoms with Crippen molar-refractivity contribution < 1.29 is 4.79 Å². The highest BCUT2D eigenvalue weighted by Crippen LogP contribution is 2.01. The van der Waals surface area contributed by atoms with Crippen LogP contribution in [0, 0.1) is 6.92 Å². The fourth-order valence-corrected chi connectivity index (χ4v) is 1.56. The molecule has 4 nitrogen and oxygen atoms in total. The van der Waals surface area contributed by atoms with Crippen LogP contribution in [0.1, 0.15) is 22.6 Å². The first-order valence-electron chi connectivity index (χ1n) is 4.50. The highest BCUT2D eigenvalue weighted by Gasteiger charge is 2.10. The maximum absolute atomic E-state index is 11.6. The molecule has 1 N–H and O–H groups in total. The summed E-state index contributed by atoms with van der Waals surface area (Å²) in [5.74, 6) is -0.0436. The van der Waals surface area contributed by atoms with Crippen molar-refractivity contribution in [3.8, 4) is 0 Å². The fraction of sp³-hybridized carbons (Fsp3) is 0.556. The standard InChI is InChI=1S/C9H14IN3O/c1-7-6-8(13(2)12-7)9(14)11-5-3-4-10/h6H,3-5H2,1-2H3,(H,11,14). The molecule has 0 bridgehead atoms. The Morgan fingerprint density at radius 2 is 2.43 bits per heavy atom. The van der Waals surface area contributed by atoms with Crippen LogP contribution in [0.5, 0.6) is 0 Å². The smallest absolute Gasteiger partial charge is 0.269 e. The van der Waals surface area contributed by atoms with Crippen LogP contribution in [-0.4, -0.2) is 26.7 Å². The Labute approximate surface area is 97.2 Å². The van der Waals surface area contributed by atoms with E-state index in [1.54, 1.807) is 17.8 Å². The van der Waals surface area contributed by atoms with Crippen LogP contribution in [0.3, 0.4) is 0 Å². The summed E-state index contributed by atoms with van der Waals surface area (Å²) in [6.07, 6.45) is 1.00. The van der Waals surface area contributed by atoms with Crippen LogP contribution in [0.4, 0.5) is 0 Å². The molecule has 0 aliphatic carbocycles. The van der Waals surface area contributed by atoms with E-state index in [0.717, 1.165) is 23.1 Å². The monoisotopic (exact) mass is 307 g/mol. The molecule has 0 unspecified atom stereocenters. The van der Waals surface area contributed by atoms with Gasteiger partial charge in [0, 0.05) is 18.0 Å². The molecule has 1 heterocycles. The Balaban J connectivity index is 2.56. The molecule has 0 aliphatic heterocycles. The molecule has 14 heavy (non-hydrogen) atoms. The minimum atomic E-state index is -0.0436. The Morgan fingerprint density at radius 3 is 2.93 bits per heavy atom. The van der Waals surface area contributed by atoms with Crippen LogP contribution in [0.25, 0.3) is 0 Å². The molecule has 1 aromatic heterocycles. The SMILES string of the molecule is Cc1cc(C(=O)NCCCI)n(C)n1. The van der Waals surface area contributed by atoms with Crippen molar-refractivity contribution in [1.29, 1.82) is 0 Å². The topological polar surface area (TPSA) is 46.9 Å². The van der Waals surface area contributed by atoms with Crippen molar-refractivity contribution in [2.45, 2.75) is 13.3 Å². The van der Waals surface area contributed by atoms with Gasteiger partial charge in [-0.2, -0.15) is 5.10 Å². The largest absolute Gasteiger partial charge is 0.351 e. The maximum Gasteiger partial charge on any atom is 0.269 e. The minimum absolute atomic E-state index is 0.0436. The van der Waals surface area contributed by atoms with E-state index in [1.165, 1.54) is 0 Å². The second-order valence-corrected chi connectivity index (χ2v) is 4.17. The molecule has 1 amide bonds. The third-order valence-electron chi connectivity index (χ3n) is 1.83. The molecule has 0 aliphatic rings. The number of hydrogen-bond donors (Lipinski definition) is 1. The van der Waals surface area contributed by atoms with Crippen LogP contribution < -0.4 is 5.32 Å². The number of carbonyl (C=O) groups is 1. The summed E-state index contributed by atoms with van der Waals surface area (Å²) in [5.41, 5.74) is 1.49. The average molecular weight is 307 g/mol. The Hall–Kier alpha value is -0.590. The lowest BCUT2D eigenvalue weighted by Gasteiger charge is -2.03. The zero-order valence-electron chi connectivity index (χ0n) is 8.38. The lowest BCUT2D eigenvalue weighted by atomic mass is 10.3. The van der Waals surface area contributed by atoms with Crippen LogP contribution in [-0.2, 0) is 7.05 Å². The summed E-state index contributed by atoms with van der Waals surface area (Å²) in [4.78, 5) is 11.6. The number of nitrogens with one attached hydrogen (secondary N) is 1. The van der Waals surface area contributed by atoms with Gasteiger partial charge in [-0.05, 0) is 19.4 Å². The van der Waals surface area contributed by atoms with Gasteiger partial charge in [-0.25, -0.2) is 0 Å². The molecule has 0 radical (unpaired) electrons. The zero-order valence-corrected chi connectivity index (χ0v) is 10.5. The maximum atomic E-state index is 11.6. The van der Waals surface area contributed by atoms with Crippen molar-refractivity contribution in [3.63, 3.8) is 0 Å². The number of aromatic nitrogens is 2. The van der Waals surface area contributed by atoms with Crippen molar-refractivity contribution in [1.82, 2.24) is 15.1 Å². The first-order valence-corrected chi connectivity index (χ1v) is 6.02. The summed E-state index contributed by atoms with van der Waals surface area (Å²) >= 11 is 2.29. The van der Waals surface area contributed by atoms with E-state index in [9.17, 15) is 4.79 Å². The van der Waals surface area contributed by atoms with Crippen molar-refractivity contribution in [2.75, 3.05) is 11.0 Å². The van der Waals surface area contributed by atoms with E-state index in [-0.39, 0.29) is 5.91 Å². The Bertz CT molecular complexity index is 322. The molecular weight excluding hydrogens is 293 g/mol. The number of hydrogen-bond acceptors (Lipinski definition) is 2. The third kappa shape index (κ3) is 2.97. The molecule has 0 saturated carbocycles. The number of amides is 1. The van der Waals surface area contributed by atoms with E-state index in [1.807, 2.05) is 6.92 Å². The first kappa shape index (κ1) is 11.5. The number of carbonyl (C=O) groups excluding carboxylic acids is 1. The quantitative estimate of drug-likeness (QED) is 0.517. The highest BCUT2D eigenvalue weighted by molar-refractivity contribution is 14.1. The van der Waals surface area contributed by atoms with Crippen molar-refractivity contribution in [2.24, 2.45) is 7.05 Å². The van der Waals surface area contributed by atoms with Crippen LogP contribution >= 0.6 is 22.6 Å². The summed E-state index contributed by atoms with van der Waals surface area (Å²) in [7, 11) is 1.78. The van der Waals surface area contributed by atoms with Crippen LogP contribution in [0.15, 0.2) is 6.07 Å². The molecule has 1 rings (SSSR count). The predicted molar refractivity (Wildman–Crippen MR) is 63.8 cm³/mol. The van der Waals surface area contributed by atoms with Crippen molar-refractivity contribution >= 4 is 28.5 Å². The van der Waals surface area contributed by atoms with Crippen molar-refractivity contribution in [3.05, 3.63) is 17.5 Å². The third-order valence-corrected chi connectivity index (χ3v) is 2.59. The van der Waals surface area contributed by atoms with E-state index < -0.39 is 0 Å². The van der Waals surface area contributed by atoms with E-state index in [0.29, 0.717) is 5.69 Å². The molecule has 0 aromatic carbocycles. The second-order valence-electron chi connectivity index (χ2n) is 3.09. The lowest BCUT2D eigenvalue weighted by molar-refractivity contribution is 0.0944. The number of nitrogens with zero attached hydrogens (tertiary/aromatic N) is 2. The zero-order chi connectivity index (χ0) is 10.6. The molecular formula is C9H14IN3O. The molecule has 78 valence electrons. The minimum Gasteiger partial charge on any atom is -0.351 e. The molecule has 1 aromatic rings. The highest BCUT2D eigenvalue weighted by atomic mass is 127. The first-order chi connectivity index (χ1) is 6.65. The molecule has 0 fully saturated rings. The summed E-state index contributed by atoms with van der Waals surface area (Å²) in [6, 6.07) is 1.79. The van der Waals surface area contributed by atoms with Gasteiger partial charge in [0.2, 0.25) is 0 Å². The van der Waals surface area contributed by atoms with Gasteiger partial charge in [0.1, 0.15) is 5.69 Å². The van der Waals surface area contributed by atoms with Gasteiger partial charge in [0.05, 0.1) is 5.69 Å². The molecule has 0 atom stereocenters. The van der Waals surface area contributed by atoms with E-state index in [2.05, 4.69) is 33.0 Å². The number of aryl methyl sites for hydroxylation is 2. The summed E-state index contributed by atoms with van der Waals surface area (Å²) in [5, 5.41) is 6.96. The van der Waals surface area contributed by atoms with Gasteiger partial charge >= 0.3 is 0 Å². The van der Waals surface area contributed by atoms with Gasteiger partial charge in [0.25, 0.3) is 5.91 Å². The molecule has 5 heteroatoms. The predicted octanol–water partition coefficient (Wildman–Crippen LogP) is 1.28. The number of rotatable bonds is 4.